The largest absolute Gasteiger partial charge is 0.456 e. The molecule has 0 aliphatic carbocycles. The van der Waals surface area contributed by atoms with Gasteiger partial charge >= 0.3 is 0 Å². The monoisotopic (exact) mass is 558 g/mol. The number of hydrogen-bond donors (Lipinski definition) is 1. The zero-order valence-corrected chi connectivity index (χ0v) is 23.1. The van der Waals surface area contributed by atoms with Crippen molar-refractivity contribution in [3.8, 4) is 5.69 Å². The molecule has 0 spiro atoms. The molecule has 9 aromatic rings. The van der Waals surface area contributed by atoms with Gasteiger partial charge in [0.1, 0.15) is 27.7 Å². The molecule has 1 N–H and O–H groups in total. The fourth-order valence-electron chi connectivity index (χ4n) is 6.87. The van der Waals surface area contributed by atoms with Crippen LogP contribution in [0.4, 0.5) is 5.69 Å². The Bertz CT molecular complexity index is 2500. The summed E-state index contributed by atoms with van der Waals surface area (Å²) in [6.45, 7) is 0. The van der Waals surface area contributed by atoms with Gasteiger partial charge < -0.3 is 18.7 Å². The molecule has 0 radical (unpaired) electrons. The first-order valence-electron chi connectivity index (χ1n) is 14.1. The highest BCUT2D eigenvalue weighted by Crippen LogP contribution is 2.53. The molecule has 1 atom stereocenters. The minimum atomic E-state index is -0.00507. The number of benzene rings is 6. The first-order valence-corrected chi connectivity index (χ1v) is 15.0. The number of nitrogens with zero attached hydrogens (tertiary/aromatic N) is 1. The molecule has 0 bridgehead atoms. The number of rotatable bonds is 2. The molecule has 0 saturated heterocycles. The van der Waals surface area contributed by atoms with Crippen LogP contribution in [0.15, 0.2) is 135 Å². The third-order valence-corrected chi connectivity index (χ3v) is 9.87. The number of furan rings is 2. The van der Waals surface area contributed by atoms with Crippen LogP contribution in [0.5, 0.6) is 0 Å². The van der Waals surface area contributed by atoms with Crippen LogP contribution in [0.2, 0.25) is 0 Å². The second kappa shape index (κ2) is 8.21. The summed E-state index contributed by atoms with van der Waals surface area (Å²) in [5.74, 6) is 0. The van der Waals surface area contributed by atoms with E-state index < -0.39 is 0 Å². The highest BCUT2D eigenvalue weighted by molar-refractivity contribution is 8.00. The van der Waals surface area contributed by atoms with E-state index in [2.05, 4.69) is 113 Å². The second-order valence-electron chi connectivity index (χ2n) is 10.9. The number of fused-ring (bicyclic) bond motifs is 11. The smallest absolute Gasteiger partial charge is 0.143 e. The van der Waals surface area contributed by atoms with Gasteiger partial charge in [0.25, 0.3) is 0 Å². The van der Waals surface area contributed by atoms with Crippen molar-refractivity contribution in [1.29, 1.82) is 0 Å². The third kappa shape index (κ3) is 2.93. The number of para-hydroxylation sites is 4. The molecule has 6 aromatic carbocycles. The van der Waals surface area contributed by atoms with Crippen LogP contribution in [0.3, 0.4) is 0 Å². The first kappa shape index (κ1) is 22.5. The summed E-state index contributed by atoms with van der Waals surface area (Å²) in [6, 6.07) is 42.7. The summed E-state index contributed by atoms with van der Waals surface area (Å²) < 4.78 is 15.3. The molecule has 1 unspecified atom stereocenters. The van der Waals surface area contributed by atoms with E-state index in [0.717, 1.165) is 60.8 Å². The Morgan fingerprint density at radius 2 is 1.17 bits per heavy atom. The van der Waals surface area contributed by atoms with E-state index in [1.165, 1.54) is 26.7 Å². The molecule has 1 aliphatic rings. The molecule has 1 aliphatic heterocycles. The summed E-state index contributed by atoms with van der Waals surface area (Å²) in [5.41, 5.74) is 9.38. The Labute approximate surface area is 244 Å². The van der Waals surface area contributed by atoms with E-state index in [9.17, 15) is 0 Å². The molecule has 198 valence electrons. The van der Waals surface area contributed by atoms with Crippen LogP contribution in [0.1, 0.15) is 10.9 Å². The minimum absolute atomic E-state index is 0.00507. The summed E-state index contributed by atoms with van der Waals surface area (Å²) in [5, 5.41) is 10.9. The van der Waals surface area contributed by atoms with Gasteiger partial charge in [-0.2, -0.15) is 0 Å². The van der Waals surface area contributed by atoms with Gasteiger partial charge in [0.05, 0.1) is 33.2 Å². The summed E-state index contributed by atoms with van der Waals surface area (Å²) in [4.78, 5) is 1.22. The molecule has 42 heavy (non-hydrogen) atoms. The zero-order chi connectivity index (χ0) is 27.4. The van der Waals surface area contributed by atoms with Crippen molar-refractivity contribution < 1.29 is 8.83 Å². The van der Waals surface area contributed by atoms with E-state index in [4.69, 9.17) is 8.83 Å². The van der Waals surface area contributed by atoms with Gasteiger partial charge in [-0.05, 0) is 42.5 Å². The summed E-state index contributed by atoms with van der Waals surface area (Å²) in [6.07, 6.45) is 0. The maximum absolute atomic E-state index is 6.72. The predicted octanol–water partition coefficient (Wildman–Crippen LogP) is 10.8. The van der Waals surface area contributed by atoms with Gasteiger partial charge in [-0.25, -0.2) is 0 Å². The Balaban J connectivity index is 1.23. The molecule has 10 rings (SSSR count). The average Bonchev–Trinajstić information content (AvgIpc) is 3.80. The first-order chi connectivity index (χ1) is 20.8. The number of hydrogen-bond acceptors (Lipinski definition) is 4. The Kier molecular flexibility index (Phi) is 4.41. The van der Waals surface area contributed by atoms with Crippen molar-refractivity contribution >= 4 is 83.1 Å². The van der Waals surface area contributed by atoms with Crippen LogP contribution in [0, 0.1) is 0 Å². The normalized spacial score (nSPS) is 15.0. The molecular formula is C37H22N2O2S. The number of nitrogens with one attached hydrogen (secondary N) is 1. The lowest BCUT2D eigenvalue weighted by molar-refractivity contribution is 0.663. The van der Waals surface area contributed by atoms with Crippen LogP contribution in [0.25, 0.3) is 71.4 Å². The Morgan fingerprint density at radius 3 is 1.90 bits per heavy atom. The lowest BCUT2D eigenvalue weighted by Gasteiger charge is -2.15. The Morgan fingerprint density at radius 1 is 0.548 bits per heavy atom. The van der Waals surface area contributed by atoms with Crippen LogP contribution in [-0.2, 0) is 0 Å². The average molecular weight is 559 g/mol. The highest BCUT2D eigenvalue weighted by Gasteiger charge is 2.30. The van der Waals surface area contributed by atoms with Gasteiger partial charge in [-0.15, -0.1) is 0 Å². The molecule has 4 nitrogen and oxygen atoms in total. The fourth-order valence-corrected chi connectivity index (χ4v) is 8.04. The van der Waals surface area contributed by atoms with E-state index in [-0.39, 0.29) is 5.37 Å². The minimum Gasteiger partial charge on any atom is -0.456 e. The van der Waals surface area contributed by atoms with Gasteiger partial charge in [-0.1, -0.05) is 90.6 Å². The van der Waals surface area contributed by atoms with Crippen molar-refractivity contribution in [2.24, 2.45) is 0 Å². The van der Waals surface area contributed by atoms with Crippen molar-refractivity contribution in [1.82, 2.24) is 4.57 Å². The number of thioether (sulfide) groups is 1. The lowest BCUT2D eigenvalue weighted by Crippen LogP contribution is -2.03. The molecule has 5 heteroatoms. The molecule has 0 amide bonds. The molecular weight excluding hydrogens is 536 g/mol. The lowest BCUT2D eigenvalue weighted by atomic mass is 10.1. The zero-order valence-electron chi connectivity index (χ0n) is 22.3. The predicted molar refractivity (Wildman–Crippen MR) is 174 cm³/mol. The SMILES string of the molecule is c1ccc2c(c1)oc1ccc3c(c12)NC(c1ccc(-n2c4ccccc4c4ccccc42)c2c1oc1ccccc12)S3. The molecule has 0 saturated carbocycles. The van der Waals surface area contributed by atoms with E-state index in [1.54, 1.807) is 0 Å². The standard InChI is InChI=1S/C37H22N2O2S/c1-5-13-26-21(9-1)22-10-2-6-14-27(22)39(26)28-18-17-25(36-33(28)23-11-3-8-16-30(23)41-36)37-38-35-32(42-37)20-19-31-34(35)24-12-4-7-15-29(24)40-31/h1-20,37-38H. The van der Waals surface area contributed by atoms with Crippen LogP contribution in [-0.4, -0.2) is 4.57 Å². The maximum Gasteiger partial charge on any atom is 0.143 e. The fraction of sp³-hybridized carbons (Fsp3) is 0.0270. The van der Waals surface area contributed by atoms with Gasteiger partial charge in [-0.3, -0.25) is 0 Å². The quantitative estimate of drug-likeness (QED) is 0.229. The van der Waals surface area contributed by atoms with Crippen molar-refractivity contribution in [3.63, 3.8) is 0 Å². The molecule has 4 heterocycles. The van der Waals surface area contributed by atoms with Crippen molar-refractivity contribution in [2.45, 2.75) is 10.3 Å². The molecule has 3 aromatic heterocycles. The van der Waals surface area contributed by atoms with Gasteiger partial charge in [0.2, 0.25) is 0 Å². The van der Waals surface area contributed by atoms with Gasteiger partial charge in [0, 0.05) is 32.0 Å². The van der Waals surface area contributed by atoms with Crippen molar-refractivity contribution in [2.75, 3.05) is 5.32 Å². The molecule has 0 fully saturated rings. The third-order valence-electron chi connectivity index (χ3n) is 8.66. The van der Waals surface area contributed by atoms with Gasteiger partial charge in [0.15, 0.2) is 0 Å². The van der Waals surface area contributed by atoms with Crippen molar-refractivity contribution in [3.05, 3.63) is 127 Å². The Hall–Kier alpha value is -5.13. The number of aromatic nitrogens is 1. The van der Waals surface area contributed by atoms with E-state index >= 15 is 0 Å². The van der Waals surface area contributed by atoms with E-state index in [1.807, 2.05) is 30.0 Å². The topological polar surface area (TPSA) is 43.2 Å². The second-order valence-corrected chi connectivity index (χ2v) is 12.0. The number of anilines is 1. The van der Waals surface area contributed by atoms with Crippen LogP contribution < -0.4 is 5.32 Å². The van der Waals surface area contributed by atoms with E-state index in [0.29, 0.717) is 0 Å². The maximum atomic E-state index is 6.72. The van der Waals surface area contributed by atoms with Crippen LogP contribution >= 0.6 is 11.8 Å². The summed E-state index contributed by atoms with van der Waals surface area (Å²) in [7, 11) is 0. The summed E-state index contributed by atoms with van der Waals surface area (Å²) >= 11 is 1.83. The highest BCUT2D eigenvalue weighted by atomic mass is 32.2.